The van der Waals surface area contributed by atoms with Crippen LogP contribution >= 0.6 is 0 Å². The Bertz CT molecular complexity index is 769. The van der Waals surface area contributed by atoms with Gasteiger partial charge in [0, 0.05) is 18.4 Å². The number of benzene rings is 1. The van der Waals surface area contributed by atoms with Gasteiger partial charge in [-0.25, -0.2) is 4.79 Å². The number of anilines is 1. The summed E-state index contributed by atoms with van der Waals surface area (Å²) in [7, 11) is 1.33. The first-order chi connectivity index (χ1) is 11.6. The van der Waals surface area contributed by atoms with Gasteiger partial charge < -0.3 is 15.2 Å². The van der Waals surface area contributed by atoms with Crippen molar-refractivity contribution in [3.8, 4) is 5.75 Å². The van der Waals surface area contributed by atoms with Crippen molar-refractivity contribution < 1.29 is 32.6 Å². The van der Waals surface area contributed by atoms with Crippen molar-refractivity contribution in [2.24, 2.45) is 7.05 Å². The molecule has 0 radical (unpaired) electrons. The highest BCUT2D eigenvalue weighted by atomic mass is 19.4. The molecule has 1 aromatic heterocycles. The molecule has 0 spiro atoms. The third kappa shape index (κ3) is 5.23. The minimum atomic E-state index is -4.57. The van der Waals surface area contributed by atoms with Crippen LogP contribution < -0.4 is 10.1 Å². The van der Waals surface area contributed by atoms with Crippen molar-refractivity contribution in [1.82, 2.24) is 9.78 Å². The molecule has 2 rings (SSSR count). The third-order valence-electron chi connectivity index (χ3n) is 3.11. The third-order valence-corrected chi connectivity index (χ3v) is 3.11. The van der Waals surface area contributed by atoms with Crippen molar-refractivity contribution in [3.05, 3.63) is 41.7 Å². The number of hydrogen-bond donors (Lipinski definition) is 2. The zero-order valence-corrected chi connectivity index (χ0v) is 13.0. The summed E-state index contributed by atoms with van der Waals surface area (Å²) >= 11 is 0. The zero-order chi connectivity index (χ0) is 18.6. The average Bonchev–Trinajstić information content (AvgIpc) is 2.87. The summed E-state index contributed by atoms with van der Waals surface area (Å²) in [5.74, 6) is -1.33. The molecule has 2 aromatic rings. The smallest absolute Gasteiger partial charge is 0.435 e. The molecule has 0 atom stereocenters. The van der Waals surface area contributed by atoms with Gasteiger partial charge in [-0.05, 0) is 30.3 Å². The highest BCUT2D eigenvalue weighted by Crippen LogP contribution is 2.28. The number of carbonyl (C=O) groups excluding carboxylic acids is 1. The maximum absolute atomic E-state index is 12.6. The summed E-state index contributed by atoms with van der Waals surface area (Å²) in [6.45, 7) is -0.492. The van der Waals surface area contributed by atoms with Crippen LogP contribution in [0.1, 0.15) is 11.4 Å². The minimum absolute atomic E-state index is 0.117. The van der Waals surface area contributed by atoms with Gasteiger partial charge in [-0.1, -0.05) is 0 Å². The highest BCUT2D eigenvalue weighted by molar-refractivity contribution is 5.92. The lowest BCUT2D eigenvalue weighted by atomic mass is 10.2. The van der Waals surface area contributed by atoms with E-state index in [9.17, 15) is 22.8 Å². The van der Waals surface area contributed by atoms with Gasteiger partial charge in [-0.3, -0.25) is 9.48 Å². The molecule has 1 heterocycles. The molecule has 0 aliphatic heterocycles. The molecule has 0 saturated carbocycles. The summed E-state index contributed by atoms with van der Waals surface area (Å²) in [4.78, 5) is 22.3. The maximum atomic E-state index is 12.6. The first kappa shape index (κ1) is 18.3. The Hall–Kier alpha value is -3.04. The van der Waals surface area contributed by atoms with Crippen LogP contribution in [-0.2, 0) is 29.2 Å². The number of carbonyl (C=O) groups is 2. The van der Waals surface area contributed by atoms with Crippen molar-refractivity contribution in [2.75, 3.05) is 11.9 Å². The molecule has 0 aliphatic carbocycles. The first-order valence-electron chi connectivity index (χ1n) is 7.00. The lowest BCUT2D eigenvalue weighted by Gasteiger charge is -2.07. The summed E-state index contributed by atoms with van der Waals surface area (Å²) in [5, 5.41) is 14.4. The molecule has 134 valence electrons. The number of aromatic nitrogens is 2. The summed E-state index contributed by atoms with van der Waals surface area (Å²) in [6, 6.07) is 6.72. The molecular weight excluding hydrogens is 343 g/mol. The van der Waals surface area contributed by atoms with E-state index in [0.717, 1.165) is 10.7 Å². The van der Waals surface area contributed by atoms with Gasteiger partial charge in [-0.15, -0.1) is 0 Å². The fourth-order valence-corrected chi connectivity index (χ4v) is 1.96. The number of alkyl halides is 3. The number of ether oxygens (including phenoxy) is 1. The van der Waals surface area contributed by atoms with Crippen LogP contribution in [0.4, 0.5) is 18.9 Å². The number of aliphatic carboxylic acids is 1. The van der Waals surface area contributed by atoms with Gasteiger partial charge >= 0.3 is 12.1 Å². The number of amides is 1. The molecule has 10 heteroatoms. The van der Waals surface area contributed by atoms with Crippen molar-refractivity contribution in [3.63, 3.8) is 0 Å². The van der Waals surface area contributed by atoms with E-state index < -0.39 is 30.4 Å². The quantitative estimate of drug-likeness (QED) is 0.826. The lowest BCUT2D eigenvalue weighted by molar-refractivity contribution is -0.141. The Kier molecular flexibility index (Phi) is 5.30. The molecule has 1 amide bonds. The van der Waals surface area contributed by atoms with Gasteiger partial charge in [-0.2, -0.15) is 18.3 Å². The highest BCUT2D eigenvalue weighted by Gasteiger charge is 2.34. The number of nitrogens with one attached hydrogen (secondary N) is 1. The van der Waals surface area contributed by atoms with Crippen LogP contribution in [0.25, 0.3) is 0 Å². The Morgan fingerprint density at radius 3 is 2.44 bits per heavy atom. The van der Waals surface area contributed by atoms with Crippen LogP contribution in [0.5, 0.6) is 5.75 Å². The van der Waals surface area contributed by atoms with E-state index in [1.807, 2.05) is 0 Å². The van der Waals surface area contributed by atoms with Crippen molar-refractivity contribution in [1.29, 1.82) is 0 Å². The molecule has 7 nitrogen and oxygen atoms in total. The molecule has 0 fully saturated rings. The Morgan fingerprint density at radius 1 is 1.28 bits per heavy atom. The number of halogens is 3. The van der Waals surface area contributed by atoms with E-state index in [1.165, 1.54) is 31.3 Å². The normalized spacial score (nSPS) is 11.2. The number of nitrogens with zero attached hydrogens (tertiary/aromatic N) is 2. The second kappa shape index (κ2) is 7.24. The fraction of sp³-hybridized carbons (Fsp3) is 0.267. The lowest BCUT2D eigenvalue weighted by Crippen LogP contribution is -2.16. The predicted molar refractivity (Wildman–Crippen MR) is 80.1 cm³/mol. The molecule has 0 bridgehead atoms. The SMILES string of the molecule is Cn1nc(C(F)(F)F)cc1CC(=O)Nc1ccc(OCC(=O)O)cc1. The average molecular weight is 357 g/mol. The monoisotopic (exact) mass is 357 g/mol. The van der Waals surface area contributed by atoms with Gasteiger partial charge in [0.25, 0.3) is 0 Å². The van der Waals surface area contributed by atoms with Gasteiger partial charge in [0.1, 0.15) is 5.75 Å². The largest absolute Gasteiger partial charge is 0.482 e. The Balaban J connectivity index is 1.96. The Labute approximate surface area is 140 Å². The summed E-state index contributed by atoms with van der Waals surface area (Å²) in [5.41, 5.74) is -0.546. The van der Waals surface area contributed by atoms with E-state index in [2.05, 4.69) is 10.4 Å². The molecular formula is C15H14F3N3O4. The predicted octanol–water partition coefficient (Wildman–Crippen LogP) is 2.08. The standard InChI is InChI=1S/C15H14F3N3O4/c1-21-10(6-12(20-21)15(16,17)18)7-13(22)19-9-2-4-11(5-3-9)25-8-14(23)24/h2-6H,7-8H2,1H3,(H,19,22)(H,23,24). The van der Waals surface area contributed by atoms with Gasteiger partial charge in [0.15, 0.2) is 12.3 Å². The first-order valence-corrected chi connectivity index (χ1v) is 7.00. The molecule has 0 saturated heterocycles. The maximum Gasteiger partial charge on any atom is 0.435 e. The van der Waals surface area contributed by atoms with E-state index in [1.54, 1.807) is 0 Å². The van der Waals surface area contributed by atoms with Crippen LogP contribution in [0.3, 0.4) is 0 Å². The van der Waals surface area contributed by atoms with Crippen molar-refractivity contribution in [2.45, 2.75) is 12.6 Å². The number of aryl methyl sites for hydroxylation is 1. The summed E-state index contributed by atoms with van der Waals surface area (Å²) in [6.07, 6.45) is -4.85. The van der Waals surface area contributed by atoms with E-state index in [0.29, 0.717) is 11.4 Å². The van der Waals surface area contributed by atoms with Crippen LogP contribution in [0.2, 0.25) is 0 Å². The second-order valence-corrected chi connectivity index (χ2v) is 5.07. The molecule has 25 heavy (non-hydrogen) atoms. The fourth-order valence-electron chi connectivity index (χ4n) is 1.96. The van der Waals surface area contributed by atoms with Gasteiger partial charge in [0.05, 0.1) is 6.42 Å². The molecule has 2 N–H and O–H groups in total. The van der Waals surface area contributed by atoms with E-state index in [4.69, 9.17) is 9.84 Å². The summed E-state index contributed by atoms with van der Waals surface area (Å²) < 4.78 is 43.7. The van der Waals surface area contributed by atoms with Crippen LogP contribution in [-0.4, -0.2) is 33.4 Å². The Morgan fingerprint density at radius 2 is 1.92 bits per heavy atom. The van der Waals surface area contributed by atoms with Crippen LogP contribution in [0.15, 0.2) is 30.3 Å². The molecule has 0 unspecified atom stereocenters. The van der Waals surface area contributed by atoms with Crippen molar-refractivity contribution >= 4 is 17.6 Å². The topological polar surface area (TPSA) is 93.5 Å². The second-order valence-electron chi connectivity index (χ2n) is 5.07. The van der Waals surface area contributed by atoms with Crippen LogP contribution in [0, 0.1) is 0 Å². The zero-order valence-electron chi connectivity index (χ0n) is 13.0. The molecule has 1 aromatic carbocycles. The minimum Gasteiger partial charge on any atom is -0.482 e. The number of hydrogen-bond acceptors (Lipinski definition) is 4. The molecule has 0 aliphatic rings. The van der Waals surface area contributed by atoms with E-state index >= 15 is 0 Å². The number of carboxylic acid groups (broad SMARTS) is 1. The number of rotatable bonds is 6. The van der Waals surface area contributed by atoms with E-state index in [-0.39, 0.29) is 12.1 Å². The number of carboxylic acids is 1. The van der Waals surface area contributed by atoms with Gasteiger partial charge in [0.2, 0.25) is 5.91 Å².